The van der Waals surface area contributed by atoms with Gasteiger partial charge < -0.3 is 10.4 Å². The maximum atomic E-state index is 8.56. The van der Waals surface area contributed by atoms with E-state index in [1.807, 2.05) is 0 Å². The highest BCUT2D eigenvalue weighted by atomic mass is 35.5. The lowest BCUT2D eigenvalue weighted by Crippen LogP contribution is -2.40. The smallest absolute Gasteiger partial charge is 0.0691 e. The molecule has 0 radical (unpaired) electrons. The highest BCUT2D eigenvalue weighted by Gasteiger charge is 2.10. The van der Waals surface area contributed by atoms with Crippen LogP contribution in [-0.2, 0) is 0 Å². The molecular weight excluding hydrogens is 150 g/mol. The first-order chi connectivity index (χ1) is 4.45. The Morgan fingerprint density at radius 1 is 1.50 bits per heavy atom. The van der Waals surface area contributed by atoms with Crippen molar-refractivity contribution in [3.05, 3.63) is 0 Å². The van der Waals surface area contributed by atoms with Crippen molar-refractivity contribution in [2.24, 2.45) is 0 Å². The maximum Gasteiger partial charge on any atom is 0.0691 e. The lowest BCUT2D eigenvalue weighted by Gasteiger charge is -2.21. The number of rotatable bonds is 3. The van der Waals surface area contributed by atoms with Gasteiger partial charge in [-0.25, -0.2) is 0 Å². The maximum absolute atomic E-state index is 8.56. The zero-order valence-electron chi connectivity index (χ0n) is 6.82. The molecule has 0 rings (SSSR count). The molecule has 2 N–H and O–H groups in total. The zero-order chi connectivity index (χ0) is 8.20. The van der Waals surface area contributed by atoms with Crippen LogP contribution in [0, 0.1) is 0 Å². The molecule has 62 valence electrons. The largest absolute Gasteiger partial charge is 0.395 e. The van der Waals surface area contributed by atoms with Gasteiger partial charge in [0.1, 0.15) is 0 Å². The van der Waals surface area contributed by atoms with Gasteiger partial charge in [-0.3, -0.25) is 0 Å². The van der Waals surface area contributed by atoms with Gasteiger partial charge in [-0.05, 0) is 20.8 Å². The molecule has 0 amide bonds. The van der Waals surface area contributed by atoms with E-state index < -0.39 is 0 Å². The molecule has 0 aliphatic rings. The second-order valence-corrected chi connectivity index (χ2v) is 4.03. The topological polar surface area (TPSA) is 32.3 Å². The molecule has 2 nitrogen and oxygen atoms in total. The van der Waals surface area contributed by atoms with E-state index in [2.05, 4.69) is 26.1 Å². The summed E-state index contributed by atoms with van der Waals surface area (Å²) in [7, 11) is 0. The van der Waals surface area contributed by atoms with E-state index in [1.165, 1.54) is 0 Å². The number of aliphatic hydroxyl groups is 1. The second kappa shape index (κ2) is 4.16. The fourth-order valence-electron chi connectivity index (χ4n) is 0.481. The Morgan fingerprint density at radius 2 is 2.00 bits per heavy atom. The van der Waals surface area contributed by atoms with Gasteiger partial charge in [0.15, 0.2) is 0 Å². The van der Waals surface area contributed by atoms with E-state index in [1.54, 1.807) is 0 Å². The average Bonchev–Trinajstić information content (AvgIpc) is 1.81. The van der Waals surface area contributed by atoms with E-state index in [-0.39, 0.29) is 17.5 Å². The average molecular weight is 166 g/mol. The van der Waals surface area contributed by atoms with Crippen LogP contribution in [0.4, 0.5) is 0 Å². The summed E-state index contributed by atoms with van der Waals surface area (Å²) in [5.74, 6) is 0. The quantitative estimate of drug-likeness (QED) is 0.611. The summed E-state index contributed by atoms with van der Waals surface area (Å²) >= 11 is 5.66. The molecule has 1 atom stereocenters. The van der Waals surface area contributed by atoms with Crippen molar-refractivity contribution in [3.63, 3.8) is 0 Å². The number of alkyl halides is 1. The zero-order valence-corrected chi connectivity index (χ0v) is 7.57. The summed E-state index contributed by atoms with van der Waals surface area (Å²) in [6.07, 6.45) is 0. The van der Waals surface area contributed by atoms with E-state index in [0.29, 0.717) is 6.54 Å². The minimum atomic E-state index is -0.167. The minimum Gasteiger partial charge on any atom is -0.395 e. The predicted octanol–water partition coefficient (Wildman–Crippen LogP) is 0.974. The predicted molar refractivity (Wildman–Crippen MR) is 44.5 cm³/mol. The monoisotopic (exact) mass is 165 g/mol. The van der Waals surface area contributed by atoms with Gasteiger partial charge in [-0.15, -0.1) is 11.6 Å². The lowest BCUT2D eigenvalue weighted by atomic mass is 10.1. The van der Waals surface area contributed by atoms with E-state index in [0.717, 1.165) is 0 Å². The van der Waals surface area contributed by atoms with Crippen LogP contribution in [0.15, 0.2) is 0 Å². The van der Waals surface area contributed by atoms with Crippen molar-refractivity contribution in [1.29, 1.82) is 0 Å². The summed E-state index contributed by atoms with van der Waals surface area (Å²) in [6, 6.07) is 0. The molecule has 0 aromatic rings. The molecule has 0 aromatic heterocycles. The Bertz CT molecular complexity index is 90.1. The first-order valence-electron chi connectivity index (χ1n) is 3.45. The third kappa shape index (κ3) is 6.33. The van der Waals surface area contributed by atoms with Crippen molar-refractivity contribution < 1.29 is 5.11 Å². The first-order valence-corrected chi connectivity index (χ1v) is 3.89. The van der Waals surface area contributed by atoms with Gasteiger partial charge in [0.2, 0.25) is 0 Å². The molecule has 0 saturated carbocycles. The molecule has 3 heteroatoms. The van der Waals surface area contributed by atoms with Gasteiger partial charge in [0.05, 0.1) is 12.0 Å². The van der Waals surface area contributed by atoms with E-state index in [9.17, 15) is 0 Å². The Morgan fingerprint density at radius 3 is 2.30 bits per heavy atom. The third-order valence-electron chi connectivity index (χ3n) is 1.05. The van der Waals surface area contributed by atoms with Crippen LogP contribution >= 0.6 is 11.6 Å². The highest BCUT2D eigenvalue weighted by Crippen LogP contribution is 2.00. The Kier molecular flexibility index (Phi) is 4.25. The molecule has 0 aliphatic heterocycles. The molecule has 0 aromatic carbocycles. The SMILES string of the molecule is CC(C)(C)NCC(Cl)CO. The molecule has 0 aliphatic carbocycles. The molecule has 0 spiro atoms. The summed E-state index contributed by atoms with van der Waals surface area (Å²) in [5, 5.41) is 11.6. The number of nitrogens with one attached hydrogen (secondary N) is 1. The van der Waals surface area contributed by atoms with Gasteiger partial charge in [-0.2, -0.15) is 0 Å². The lowest BCUT2D eigenvalue weighted by molar-refractivity contribution is 0.281. The van der Waals surface area contributed by atoms with Crippen molar-refractivity contribution in [1.82, 2.24) is 5.32 Å². The first kappa shape index (κ1) is 10.2. The van der Waals surface area contributed by atoms with Crippen molar-refractivity contribution >= 4 is 11.6 Å². The van der Waals surface area contributed by atoms with Crippen LogP contribution in [0.3, 0.4) is 0 Å². The van der Waals surface area contributed by atoms with Crippen molar-refractivity contribution in [2.45, 2.75) is 31.7 Å². The third-order valence-corrected chi connectivity index (χ3v) is 1.34. The molecule has 0 heterocycles. The van der Waals surface area contributed by atoms with E-state index >= 15 is 0 Å². The number of aliphatic hydroxyl groups excluding tert-OH is 1. The van der Waals surface area contributed by atoms with Crippen molar-refractivity contribution in [3.8, 4) is 0 Å². The van der Waals surface area contributed by atoms with Crippen LogP contribution in [0.5, 0.6) is 0 Å². The fraction of sp³-hybridized carbons (Fsp3) is 1.00. The van der Waals surface area contributed by atoms with Crippen molar-refractivity contribution in [2.75, 3.05) is 13.2 Å². The Hall–Kier alpha value is 0.210. The van der Waals surface area contributed by atoms with Crippen LogP contribution in [0.1, 0.15) is 20.8 Å². The summed E-state index contributed by atoms with van der Waals surface area (Å²) in [5.41, 5.74) is 0.0856. The molecule has 10 heavy (non-hydrogen) atoms. The fourth-order valence-corrected chi connectivity index (χ4v) is 0.559. The Labute approximate surface area is 67.6 Å². The molecule has 0 saturated heterocycles. The van der Waals surface area contributed by atoms with Gasteiger partial charge >= 0.3 is 0 Å². The number of halogens is 1. The van der Waals surface area contributed by atoms with Gasteiger partial charge in [-0.1, -0.05) is 0 Å². The van der Waals surface area contributed by atoms with Crippen LogP contribution in [-0.4, -0.2) is 29.2 Å². The van der Waals surface area contributed by atoms with Gasteiger partial charge in [0.25, 0.3) is 0 Å². The normalized spacial score (nSPS) is 15.3. The molecular formula is C7H16ClNO. The van der Waals surface area contributed by atoms with Crippen LogP contribution in [0.2, 0.25) is 0 Å². The van der Waals surface area contributed by atoms with Gasteiger partial charge in [0, 0.05) is 12.1 Å². The molecule has 0 fully saturated rings. The van der Waals surface area contributed by atoms with Crippen LogP contribution in [0.25, 0.3) is 0 Å². The minimum absolute atomic E-state index is 0.0324. The van der Waals surface area contributed by atoms with E-state index in [4.69, 9.17) is 16.7 Å². The summed E-state index contributed by atoms with van der Waals surface area (Å²) in [6.45, 7) is 6.88. The summed E-state index contributed by atoms with van der Waals surface area (Å²) in [4.78, 5) is 0. The number of hydrogen-bond donors (Lipinski definition) is 2. The highest BCUT2D eigenvalue weighted by molar-refractivity contribution is 6.20. The second-order valence-electron chi connectivity index (χ2n) is 3.41. The number of hydrogen-bond acceptors (Lipinski definition) is 2. The van der Waals surface area contributed by atoms with Crippen LogP contribution < -0.4 is 5.32 Å². The molecule has 1 unspecified atom stereocenters. The standard InChI is InChI=1S/C7H16ClNO/c1-7(2,3)9-4-6(8)5-10/h6,9-10H,4-5H2,1-3H3. The molecule has 0 bridgehead atoms. The summed E-state index contributed by atoms with van der Waals surface area (Å²) < 4.78 is 0. The Balaban J connectivity index is 3.36.